The van der Waals surface area contributed by atoms with Crippen molar-refractivity contribution in [1.82, 2.24) is 15.1 Å². The van der Waals surface area contributed by atoms with Crippen LogP contribution in [0.4, 0.5) is 0 Å². The number of carboxylic acid groups (broad SMARTS) is 1. The lowest BCUT2D eigenvalue weighted by atomic mass is 10.2. The van der Waals surface area contributed by atoms with Crippen molar-refractivity contribution >= 4 is 17.8 Å². The van der Waals surface area contributed by atoms with Crippen LogP contribution in [0.2, 0.25) is 0 Å². The van der Waals surface area contributed by atoms with E-state index in [1.807, 2.05) is 6.07 Å². The molecule has 2 amide bonds. The SMILES string of the molecule is CN(CCC#N)C(=O)CN1CC(=O)NCC1C(=O)O. The number of nitrogens with zero attached hydrogens (tertiary/aromatic N) is 3. The highest BCUT2D eigenvalue weighted by atomic mass is 16.4. The molecule has 1 heterocycles. The highest BCUT2D eigenvalue weighted by molar-refractivity contribution is 5.85. The Hall–Kier alpha value is -2.14. The van der Waals surface area contributed by atoms with E-state index in [2.05, 4.69) is 5.32 Å². The van der Waals surface area contributed by atoms with E-state index >= 15 is 0 Å². The highest BCUT2D eigenvalue weighted by Gasteiger charge is 2.33. The second kappa shape index (κ2) is 6.70. The van der Waals surface area contributed by atoms with Gasteiger partial charge in [-0.15, -0.1) is 0 Å². The minimum atomic E-state index is -1.08. The third-order valence-electron chi connectivity index (χ3n) is 2.89. The maximum absolute atomic E-state index is 11.8. The number of amides is 2. The third kappa shape index (κ3) is 4.22. The summed E-state index contributed by atoms with van der Waals surface area (Å²) in [6.45, 7) is 0.0115. The standard InChI is InChI=1S/C11H16N4O4/c1-14(4-2-3-12)10(17)7-15-6-9(16)13-5-8(15)11(18)19/h8H,2,4-7H2,1H3,(H,13,16)(H,18,19). The molecule has 1 rings (SSSR count). The van der Waals surface area contributed by atoms with Crippen LogP contribution in [0.15, 0.2) is 0 Å². The summed E-state index contributed by atoms with van der Waals surface area (Å²) in [5.74, 6) is -1.69. The molecule has 19 heavy (non-hydrogen) atoms. The van der Waals surface area contributed by atoms with Crippen molar-refractivity contribution in [2.45, 2.75) is 12.5 Å². The number of hydrogen-bond acceptors (Lipinski definition) is 5. The molecule has 1 aliphatic rings. The maximum atomic E-state index is 11.8. The van der Waals surface area contributed by atoms with Crippen LogP contribution in [0, 0.1) is 11.3 Å². The lowest BCUT2D eigenvalue weighted by Crippen LogP contribution is -2.59. The van der Waals surface area contributed by atoms with Crippen LogP contribution in [-0.4, -0.2) is 72.0 Å². The van der Waals surface area contributed by atoms with Gasteiger partial charge in [0.05, 0.1) is 25.6 Å². The van der Waals surface area contributed by atoms with Gasteiger partial charge >= 0.3 is 5.97 Å². The summed E-state index contributed by atoms with van der Waals surface area (Å²) in [7, 11) is 1.54. The summed E-state index contributed by atoms with van der Waals surface area (Å²) in [6.07, 6.45) is 0.213. The molecule has 0 aliphatic carbocycles. The van der Waals surface area contributed by atoms with Gasteiger partial charge in [0.2, 0.25) is 11.8 Å². The number of aliphatic carboxylic acids is 1. The van der Waals surface area contributed by atoms with Crippen LogP contribution < -0.4 is 5.32 Å². The van der Waals surface area contributed by atoms with Crippen molar-refractivity contribution in [3.05, 3.63) is 0 Å². The van der Waals surface area contributed by atoms with E-state index in [9.17, 15) is 14.4 Å². The number of nitrogens with one attached hydrogen (secondary N) is 1. The van der Waals surface area contributed by atoms with Gasteiger partial charge in [0.15, 0.2) is 0 Å². The summed E-state index contributed by atoms with van der Waals surface area (Å²) in [6, 6.07) is 1.03. The van der Waals surface area contributed by atoms with Gasteiger partial charge in [-0.1, -0.05) is 0 Å². The van der Waals surface area contributed by atoms with E-state index in [4.69, 9.17) is 10.4 Å². The Morgan fingerprint density at radius 3 is 2.89 bits per heavy atom. The first-order valence-electron chi connectivity index (χ1n) is 5.80. The van der Waals surface area contributed by atoms with Crippen LogP contribution in [-0.2, 0) is 14.4 Å². The lowest BCUT2D eigenvalue weighted by Gasteiger charge is -2.33. The van der Waals surface area contributed by atoms with Crippen LogP contribution in [0.1, 0.15) is 6.42 Å². The van der Waals surface area contributed by atoms with Crippen molar-refractivity contribution < 1.29 is 19.5 Å². The van der Waals surface area contributed by atoms with Crippen molar-refractivity contribution in [2.24, 2.45) is 0 Å². The summed E-state index contributed by atoms with van der Waals surface area (Å²) < 4.78 is 0. The van der Waals surface area contributed by atoms with Gasteiger partial charge < -0.3 is 15.3 Å². The fourth-order valence-electron chi connectivity index (χ4n) is 1.74. The molecule has 8 nitrogen and oxygen atoms in total. The fraction of sp³-hybridized carbons (Fsp3) is 0.636. The van der Waals surface area contributed by atoms with E-state index in [0.29, 0.717) is 0 Å². The van der Waals surface area contributed by atoms with Crippen molar-refractivity contribution in [1.29, 1.82) is 5.26 Å². The first-order chi connectivity index (χ1) is 8.95. The third-order valence-corrected chi connectivity index (χ3v) is 2.89. The number of hydrogen-bond donors (Lipinski definition) is 2. The Bertz CT molecular complexity index is 417. The predicted molar refractivity (Wildman–Crippen MR) is 63.9 cm³/mol. The number of carbonyl (C=O) groups excluding carboxylic acids is 2. The summed E-state index contributed by atoms with van der Waals surface area (Å²) in [5.41, 5.74) is 0. The van der Waals surface area contributed by atoms with Gasteiger partial charge in [0.25, 0.3) is 0 Å². The van der Waals surface area contributed by atoms with E-state index < -0.39 is 12.0 Å². The molecule has 1 unspecified atom stereocenters. The molecule has 2 N–H and O–H groups in total. The van der Waals surface area contributed by atoms with E-state index in [-0.39, 0.29) is 44.4 Å². The normalized spacial score (nSPS) is 19.4. The lowest BCUT2D eigenvalue weighted by molar-refractivity contribution is -0.147. The quantitative estimate of drug-likeness (QED) is 0.611. The van der Waals surface area contributed by atoms with Crippen LogP contribution >= 0.6 is 0 Å². The Morgan fingerprint density at radius 1 is 1.63 bits per heavy atom. The number of piperazine rings is 1. The number of likely N-dealkylation sites (N-methyl/N-ethyl adjacent to an activating group) is 1. The van der Waals surface area contributed by atoms with Gasteiger partial charge in [-0.05, 0) is 0 Å². The Balaban J connectivity index is 2.61. The van der Waals surface area contributed by atoms with Crippen molar-refractivity contribution in [3.63, 3.8) is 0 Å². The smallest absolute Gasteiger partial charge is 0.322 e. The first kappa shape index (κ1) is 14.9. The minimum Gasteiger partial charge on any atom is -0.480 e. The number of nitriles is 1. The molecule has 1 aliphatic heterocycles. The molecule has 8 heteroatoms. The Labute approximate surface area is 110 Å². The molecular formula is C11H16N4O4. The van der Waals surface area contributed by atoms with Gasteiger partial charge in [-0.3, -0.25) is 19.3 Å². The zero-order valence-electron chi connectivity index (χ0n) is 10.6. The predicted octanol–water partition coefficient (Wildman–Crippen LogP) is -1.76. The fourth-order valence-corrected chi connectivity index (χ4v) is 1.74. The number of carbonyl (C=O) groups is 3. The molecule has 0 aromatic rings. The number of carboxylic acids is 1. The molecule has 1 atom stereocenters. The zero-order valence-corrected chi connectivity index (χ0v) is 10.6. The molecule has 0 aromatic heterocycles. The molecule has 0 aromatic carbocycles. The van der Waals surface area contributed by atoms with Gasteiger partial charge in [-0.2, -0.15) is 5.26 Å². The van der Waals surface area contributed by atoms with E-state index in [1.54, 1.807) is 7.05 Å². The second-order valence-corrected chi connectivity index (χ2v) is 4.29. The highest BCUT2D eigenvalue weighted by Crippen LogP contribution is 2.05. The molecule has 0 bridgehead atoms. The molecule has 0 saturated carbocycles. The van der Waals surface area contributed by atoms with Crippen LogP contribution in [0.5, 0.6) is 0 Å². The van der Waals surface area contributed by atoms with Crippen molar-refractivity contribution in [3.8, 4) is 6.07 Å². The average molecular weight is 268 g/mol. The monoisotopic (exact) mass is 268 g/mol. The average Bonchev–Trinajstić information content (AvgIpc) is 2.35. The minimum absolute atomic E-state index is 0.0106. The molecule has 1 saturated heterocycles. The van der Waals surface area contributed by atoms with Crippen LogP contribution in [0.25, 0.3) is 0 Å². The second-order valence-electron chi connectivity index (χ2n) is 4.29. The Kier molecular flexibility index (Phi) is 5.26. The van der Waals surface area contributed by atoms with Gasteiger partial charge in [0, 0.05) is 20.1 Å². The van der Waals surface area contributed by atoms with Gasteiger partial charge in [-0.25, -0.2) is 0 Å². The molecular weight excluding hydrogens is 252 g/mol. The molecule has 104 valence electrons. The zero-order chi connectivity index (χ0) is 14.4. The van der Waals surface area contributed by atoms with Gasteiger partial charge in [0.1, 0.15) is 6.04 Å². The summed E-state index contributed by atoms with van der Waals surface area (Å²) in [5, 5.41) is 19.9. The van der Waals surface area contributed by atoms with E-state index in [1.165, 1.54) is 9.80 Å². The van der Waals surface area contributed by atoms with Crippen molar-refractivity contribution in [2.75, 3.05) is 33.2 Å². The summed E-state index contributed by atoms with van der Waals surface area (Å²) >= 11 is 0. The molecule has 0 spiro atoms. The topological polar surface area (TPSA) is 114 Å². The summed E-state index contributed by atoms with van der Waals surface area (Å²) in [4.78, 5) is 36.8. The number of rotatable bonds is 5. The van der Waals surface area contributed by atoms with E-state index in [0.717, 1.165) is 0 Å². The Morgan fingerprint density at radius 2 is 2.32 bits per heavy atom. The molecule has 0 radical (unpaired) electrons. The van der Waals surface area contributed by atoms with Crippen LogP contribution in [0.3, 0.4) is 0 Å². The molecule has 1 fully saturated rings. The first-order valence-corrected chi connectivity index (χ1v) is 5.80. The maximum Gasteiger partial charge on any atom is 0.322 e. The largest absolute Gasteiger partial charge is 0.480 e.